The number of carbonyl (C=O) groups excluding carboxylic acids is 2. The predicted molar refractivity (Wildman–Crippen MR) is 99.4 cm³/mol. The highest BCUT2D eigenvalue weighted by Crippen LogP contribution is 2.27. The van der Waals surface area contributed by atoms with Crippen molar-refractivity contribution in [1.82, 2.24) is 20.2 Å². The summed E-state index contributed by atoms with van der Waals surface area (Å²) in [6.45, 7) is 5.40. The van der Waals surface area contributed by atoms with E-state index in [-0.39, 0.29) is 31.0 Å². The summed E-state index contributed by atoms with van der Waals surface area (Å²) in [4.78, 5) is 49.2. The average molecular weight is 380 g/mol. The molecule has 2 rings (SSSR count). The lowest BCUT2D eigenvalue weighted by Gasteiger charge is -2.26. The van der Waals surface area contributed by atoms with Crippen molar-refractivity contribution >= 4 is 12.0 Å². The first-order chi connectivity index (χ1) is 12.6. The van der Waals surface area contributed by atoms with Crippen molar-refractivity contribution in [2.24, 2.45) is 5.92 Å². The Balaban J connectivity index is 1.97. The highest BCUT2D eigenvalue weighted by molar-refractivity contribution is 5.76. The van der Waals surface area contributed by atoms with Crippen LogP contribution >= 0.6 is 0 Å². The molecule has 2 amide bonds. The summed E-state index contributed by atoms with van der Waals surface area (Å²) in [5, 5.41) is 5.62. The maximum absolute atomic E-state index is 12.4. The van der Waals surface area contributed by atoms with Gasteiger partial charge in [0.15, 0.2) is 0 Å². The Kier molecular flexibility index (Phi) is 6.81. The second kappa shape index (κ2) is 8.88. The van der Waals surface area contributed by atoms with E-state index >= 15 is 0 Å². The number of rotatable bonds is 6. The number of H-pyrrole nitrogens is 1. The summed E-state index contributed by atoms with van der Waals surface area (Å²) < 4.78 is 6.37. The molecule has 3 N–H and O–H groups in total. The number of nitrogens with zero attached hydrogens (tertiary/aromatic N) is 1. The van der Waals surface area contributed by atoms with E-state index in [1.165, 1.54) is 12.3 Å². The van der Waals surface area contributed by atoms with Crippen LogP contribution in [0.1, 0.15) is 46.5 Å². The van der Waals surface area contributed by atoms with Gasteiger partial charge in [-0.3, -0.25) is 19.1 Å². The second-order valence-electron chi connectivity index (χ2n) is 7.84. The van der Waals surface area contributed by atoms with E-state index in [1.54, 1.807) is 20.8 Å². The lowest BCUT2D eigenvalue weighted by Crippen LogP contribution is -2.49. The molecule has 1 fully saturated rings. The zero-order valence-electron chi connectivity index (χ0n) is 16.0. The van der Waals surface area contributed by atoms with Crippen LogP contribution in [0.2, 0.25) is 0 Å². The van der Waals surface area contributed by atoms with Crippen molar-refractivity contribution in [2.75, 3.05) is 6.54 Å². The number of hydrogen-bond donors (Lipinski definition) is 3. The number of carbonyl (C=O) groups is 2. The van der Waals surface area contributed by atoms with E-state index in [9.17, 15) is 19.2 Å². The van der Waals surface area contributed by atoms with Crippen molar-refractivity contribution in [3.8, 4) is 0 Å². The molecule has 150 valence electrons. The van der Waals surface area contributed by atoms with Crippen LogP contribution in [0.5, 0.6) is 0 Å². The molecule has 1 aromatic rings. The van der Waals surface area contributed by atoms with Crippen LogP contribution in [0.4, 0.5) is 4.79 Å². The number of aromatic amines is 1. The molecule has 9 heteroatoms. The fraction of sp³-hybridized carbons (Fsp3) is 0.667. The van der Waals surface area contributed by atoms with Gasteiger partial charge >= 0.3 is 11.8 Å². The number of hydrogen-bond acceptors (Lipinski definition) is 5. The minimum atomic E-state index is -0.637. The molecule has 1 saturated carbocycles. The summed E-state index contributed by atoms with van der Waals surface area (Å²) in [5.41, 5.74) is -1.74. The molecule has 1 atom stereocenters. The number of aromatic nitrogens is 2. The molecular formula is C18H28N4O5. The summed E-state index contributed by atoms with van der Waals surface area (Å²) >= 11 is 0. The van der Waals surface area contributed by atoms with Crippen LogP contribution in [-0.4, -0.2) is 39.7 Å². The van der Waals surface area contributed by atoms with Gasteiger partial charge in [0.2, 0.25) is 5.91 Å². The topological polar surface area (TPSA) is 122 Å². The minimum absolute atomic E-state index is 0.203. The molecule has 1 heterocycles. The van der Waals surface area contributed by atoms with E-state index < -0.39 is 22.9 Å². The second-order valence-corrected chi connectivity index (χ2v) is 7.84. The third-order valence-corrected chi connectivity index (χ3v) is 4.39. The van der Waals surface area contributed by atoms with Crippen molar-refractivity contribution in [1.29, 1.82) is 0 Å². The molecule has 0 unspecified atom stereocenters. The molecule has 1 aliphatic carbocycles. The molecule has 0 radical (unpaired) electrons. The minimum Gasteiger partial charge on any atom is -0.444 e. The zero-order valence-corrected chi connectivity index (χ0v) is 16.0. The van der Waals surface area contributed by atoms with Gasteiger partial charge in [-0.2, -0.15) is 0 Å². The molecule has 9 nitrogen and oxygen atoms in total. The SMILES string of the molecule is CC(C)(C)OC(=O)NC[C@@H](NC(=O)Cn1ccc(=O)[nH]c1=O)C1CCCC1. The fourth-order valence-corrected chi connectivity index (χ4v) is 3.18. The highest BCUT2D eigenvalue weighted by atomic mass is 16.6. The van der Waals surface area contributed by atoms with Crippen LogP contribution in [0.25, 0.3) is 0 Å². The number of ether oxygens (including phenoxy) is 1. The largest absolute Gasteiger partial charge is 0.444 e. The van der Waals surface area contributed by atoms with E-state index in [2.05, 4.69) is 15.6 Å². The molecule has 0 aromatic carbocycles. The normalized spacial score (nSPS) is 16.0. The maximum atomic E-state index is 12.4. The highest BCUT2D eigenvalue weighted by Gasteiger charge is 2.27. The predicted octanol–water partition coefficient (Wildman–Crippen LogP) is 0.736. The lowest BCUT2D eigenvalue weighted by molar-refractivity contribution is -0.122. The Morgan fingerprint density at radius 1 is 1.30 bits per heavy atom. The summed E-state index contributed by atoms with van der Waals surface area (Å²) in [6, 6.07) is 0.943. The van der Waals surface area contributed by atoms with Crippen molar-refractivity contribution in [3.05, 3.63) is 33.1 Å². The van der Waals surface area contributed by atoms with Gasteiger partial charge in [0.1, 0.15) is 12.1 Å². The Bertz CT molecular complexity index is 771. The Morgan fingerprint density at radius 2 is 1.96 bits per heavy atom. The van der Waals surface area contributed by atoms with E-state index in [4.69, 9.17) is 4.74 Å². The molecule has 0 saturated heterocycles. The molecule has 1 aromatic heterocycles. The van der Waals surface area contributed by atoms with Gasteiger partial charge in [0, 0.05) is 24.8 Å². The first-order valence-corrected chi connectivity index (χ1v) is 9.20. The molecule has 0 bridgehead atoms. The molecular weight excluding hydrogens is 352 g/mol. The van der Waals surface area contributed by atoms with E-state index in [0.717, 1.165) is 30.3 Å². The van der Waals surface area contributed by atoms with Crippen LogP contribution in [0, 0.1) is 5.92 Å². The molecule has 0 spiro atoms. The average Bonchev–Trinajstić information content (AvgIpc) is 3.07. The Labute approximate surface area is 157 Å². The Morgan fingerprint density at radius 3 is 2.56 bits per heavy atom. The standard InChI is InChI=1S/C18H28N4O5/c1-18(2,3)27-17(26)19-10-13(12-6-4-5-7-12)20-15(24)11-22-9-8-14(23)21-16(22)25/h8-9,12-13H,4-7,10-11H2,1-3H3,(H,19,26)(H,20,24)(H,21,23,25)/t13-/m1/s1. The summed E-state index contributed by atoms with van der Waals surface area (Å²) in [7, 11) is 0. The van der Waals surface area contributed by atoms with Crippen molar-refractivity contribution < 1.29 is 14.3 Å². The number of amides is 2. The van der Waals surface area contributed by atoms with E-state index in [0.29, 0.717) is 0 Å². The lowest BCUT2D eigenvalue weighted by atomic mass is 9.98. The summed E-state index contributed by atoms with van der Waals surface area (Å²) in [5.74, 6) is -0.0942. The van der Waals surface area contributed by atoms with Crippen molar-refractivity contribution in [3.63, 3.8) is 0 Å². The van der Waals surface area contributed by atoms with Gasteiger partial charge in [-0.05, 0) is 39.5 Å². The monoisotopic (exact) mass is 380 g/mol. The smallest absolute Gasteiger partial charge is 0.407 e. The molecule has 0 aliphatic heterocycles. The number of alkyl carbamates (subject to hydrolysis) is 1. The van der Waals surface area contributed by atoms with Gasteiger partial charge in [-0.15, -0.1) is 0 Å². The third-order valence-electron chi connectivity index (χ3n) is 4.39. The van der Waals surface area contributed by atoms with Crippen molar-refractivity contribution in [2.45, 2.75) is 64.6 Å². The number of nitrogens with one attached hydrogen (secondary N) is 3. The van der Waals surface area contributed by atoms with Gasteiger partial charge in [-0.25, -0.2) is 9.59 Å². The van der Waals surface area contributed by atoms with E-state index in [1.807, 2.05) is 0 Å². The zero-order chi connectivity index (χ0) is 20.0. The first kappa shape index (κ1) is 20.7. The fourth-order valence-electron chi connectivity index (χ4n) is 3.18. The van der Waals surface area contributed by atoms with Gasteiger partial charge < -0.3 is 15.4 Å². The maximum Gasteiger partial charge on any atom is 0.407 e. The first-order valence-electron chi connectivity index (χ1n) is 9.20. The van der Waals surface area contributed by atoms with Gasteiger partial charge in [-0.1, -0.05) is 12.8 Å². The quantitative estimate of drug-likeness (QED) is 0.672. The van der Waals surface area contributed by atoms with Crippen LogP contribution in [-0.2, 0) is 16.1 Å². The summed E-state index contributed by atoms with van der Waals surface area (Å²) in [6.07, 6.45) is 4.87. The van der Waals surface area contributed by atoms with Gasteiger partial charge in [0.05, 0.1) is 0 Å². The Hall–Kier alpha value is -2.58. The molecule has 27 heavy (non-hydrogen) atoms. The van der Waals surface area contributed by atoms with Crippen LogP contribution in [0.3, 0.4) is 0 Å². The van der Waals surface area contributed by atoms with Crippen LogP contribution < -0.4 is 21.9 Å². The third kappa shape index (κ3) is 6.92. The van der Waals surface area contributed by atoms with Gasteiger partial charge in [0.25, 0.3) is 5.56 Å². The molecule has 1 aliphatic rings. The van der Waals surface area contributed by atoms with Crippen LogP contribution in [0.15, 0.2) is 21.9 Å².